The monoisotopic (exact) mass is 564 g/mol. The molecule has 216 valence electrons. The predicted octanol–water partition coefficient (Wildman–Crippen LogP) is 6.87. The summed E-state index contributed by atoms with van der Waals surface area (Å²) in [6, 6.07) is 24.0. The highest BCUT2D eigenvalue weighted by molar-refractivity contribution is 6.09. The van der Waals surface area contributed by atoms with Gasteiger partial charge in [0, 0.05) is 11.1 Å². The minimum absolute atomic E-state index is 0.0335. The molecule has 4 aromatic rings. The van der Waals surface area contributed by atoms with Crippen LogP contribution in [0.3, 0.4) is 0 Å². The van der Waals surface area contributed by atoms with Crippen LogP contribution in [0.1, 0.15) is 46.7 Å². The highest BCUT2D eigenvalue weighted by Gasteiger charge is 2.28. The van der Waals surface area contributed by atoms with E-state index in [2.05, 4.69) is 19.1 Å². The van der Waals surface area contributed by atoms with E-state index in [1.165, 1.54) is 0 Å². The third-order valence-electron chi connectivity index (χ3n) is 7.93. The SMILES string of the molecule is CCC(C(=O)O)=C1c2ccccc2-c2cc(OCc3cccc(-c4c(C)cc(OC[C@H](O)CO)cc4C)c3C)ccc21. The Kier molecular flexibility index (Phi) is 8.48. The van der Waals surface area contributed by atoms with Gasteiger partial charge >= 0.3 is 5.97 Å². The van der Waals surface area contributed by atoms with Crippen LogP contribution in [0.15, 0.2) is 78.4 Å². The van der Waals surface area contributed by atoms with Crippen molar-refractivity contribution in [2.75, 3.05) is 13.2 Å². The molecule has 1 aliphatic carbocycles. The summed E-state index contributed by atoms with van der Waals surface area (Å²) in [5.74, 6) is 0.491. The van der Waals surface area contributed by atoms with Crippen molar-refractivity contribution in [1.82, 2.24) is 0 Å². The molecular weight excluding hydrogens is 528 g/mol. The molecule has 3 N–H and O–H groups in total. The fraction of sp³-hybridized carbons (Fsp3) is 0.250. The van der Waals surface area contributed by atoms with Crippen LogP contribution in [0.25, 0.3) is 27.8 Å². The first kappa shape index (κ1) is 29.1. The smallest absolute Gasteiger partial charge is 0.332 e. The van der Waals surface area contributed by atoms with E-state index in [0.29, 0.717) is 24.4 Å². The number of carbonyl (C=O) groups is 1. The first-order valence-electron chi connectivity index (χ1n) is 14.2. The summed E-state index contributed by atoms with van der Waals surface area (Å²) in [7, 11) is 0. The summed E-state index contributed by atoms with van der Waals surface area (Å²) in [5, 5.41) is 28.6. The molecule has 6 heteroatoms. The predicted molar refractivity (Wildman–Crippen MR) is 165 cm³/mol. The van der Waals surface area contributed by atoms with Crippen LogP contribution in [0.5, 0.6) is 11.5 Å². The summed E-state index contributed by atoms with van der Waals surface area (Å²) in [5.41, 5.74) is 11.6. The average Bonchev–Trinajstić information content (AvgIpc) is 3.29. The van der Waals surface area contributed by atoms with Gasteiger partial charge < -0.3 is 24.8 Å². The number of carboxylic acids is 1. The molecule has 1 atom stereocenters. The van der Waals surface area contributed by atoms with Crippen LogP contribution >= 0.6 is 0 Å². The molecule has 0 amide bonds. The zero-order chi connectivity index (χ0) is 30.0. The molecular formula is C36H36O6. The molecule has 0 heterocycles. The number of ether oxygens (including phenoxy) is 2. The Hall–Kier alpha value is -4.39. The Balaban J connectivity index is 1.42. The van der Waals surface area contributed by atoms with E-state index in [4.69, 9.17) is 14.6 Å². The van der Waals surface area contributed by atoms with Crippen LogP contribution in [-0.2, 0) is 11.4 Å². The molecule has 0 aliphatic heterocycles. The van der Waals surface area contributed by atoms with Crippen molar-refractivity contribution in [3.63, 3.8) is 0 Å². The number of aliphatic hydroxyl groups is 2. The van der Waals surface area contributed by atoms with E-state index in [1.807, 2.05) is 81.4 Å². The Morgan fingerprint density at radius 2 is 1.45 bits per heavy atom. The highest BCUT2D eigenvalue weighted by atomic mass is 16.5. The summed E-state index contributed by atoms with van der Waals surface area (Å²) in [6.45, 7) is 8.14. The van der Waals surface area contributed by atoms with Crippen molar-refractivity contribution in [1.29, 1.82) is 0 Å². The van der Waals surface area contributed by atoms with E-state index < -0.39 is 12.1 Å². The lowest BCUT2D eigenvalue weighted by Gasteiger charge is -2.18. The zero-order valence-corrected chi connectivity index (χ0v) is 24.4. The van der Waals surface area contributed by atoms with Crippen molar-refractivity contribution >= 4 is 11.5 Å². The van der Waals surface area contributed by atoms with Gasteiger partial charge in [-0.2, -0.15) is 0 Å². The molecule has 0 saturated carbocycles. The topological polar surface area (TPSA) is 96.2 Å². The molecule has 0 radical (unpaired) electrons. The standard InChI is InChI=1S/C36H36O6/c1-5-28(36(39)40)35-31-11-7-6-10-30(31)33-17-26(13-14-32(33)35)41-19-24-9-8-12-29(23(24)4)34-21(2)15-27(16-22(34)3)42-20-25(38)18-37/h6-17,25,37-38H,5,18-20H2,1-4H3,(H,39,40)/t25-/m1/s1. The molecule has 1 aliphatic rings. The van der Waals surface area contributed by atoms with Gasteiger partial charge in [0.2, 0.25) is 0 Å². The fourth-order valence-electron chi connectivity index (χ4n) is 5.84. The summed E-state index contributed by atoms with van der Waals surface area (Å²) >= 11 is 0. The van der Waals surface area contributed by atoms with E-state index in [9.17, 15) is 15.0 Å². The maximum atomic E-state index is 12.0. The van der Waals surface area contributed by atoms with E-state index in [1.54, 1.807) is 0 Å². The molecule has 0 fully saturated rings. The molecule has 0 spiro atoms. The van der Waals surface area contributed by atoms with Crippen LogP contribution < -0.4 is 9.47 Å². The molecule has 0 unspecified atom stereocenters. The molecule has 5 rings (SSSR count). The number of fused-ring (bicyclic) bond motifs is 3. The molecule has 0 saturated heterocycles. The number of aryl methyl sites for hydroxylation is 2. The number of hydrogen-bond donors (Lipinski definition) is 3. The molecule has 0 bridgehead atoms. The third-order valence-corrected chi connectivity index (χ3v) is 7.93. The summed E-state index contributed by atoms with van der Waals surface area (Å²) < 4.78 is 12.0. The lowest BCUT2D eigenvalue weighted by atomic mass is 9.90. The van der Waals surface area contributed by atoms with Crippen molar-refractivity contribution < 1.29 is 29.6 Å². The minimum atomic E-state index is -0.915. The van der Waals surface area contributed by atoms with Crippen molar-refractivity contribution in [2.24, 2.45) is 0 Å². The van der Waals surface area contributed by atoms with Crippen molar-refractivity contribution in [3.05, 3.63) is 112 Å². The Morgan fingerprint density at radius 3 is 2.12 bits per heavy atom. The van der Waals surface area contributed by atoms with Crippen LogP contribution in [0, 0.1) is 20.8 Å². The lowest BCUT2D eigenvalue weighted by Crippen LogP contribution is -2.21. The molecule has 6 nitrogen and oxygen atoms in total. The fourth-order valence-corrected chi connectivity index (χ4v) is 5.84. The van der Waals surface area contributed by atoms with Crippen molar-refractivity contribution in [2.45, 2.75) is 46.8 Å². The minimum Gasteiger partial charge on any atom is -0.491 e. The van der Waals surface area contributed by atoms with Gasteiger partial charge in [0.05, 0.1) is 6.61 Å². The maximum Gasteiger partial charge on any atom is 0.332 e. The summed E-state index contributed by atoms with van der Waals surface area (Å²) in [6.07, 6.45) is -0.477. The average molecular weight is 565 g/mol. The van der Waals surface area contributed by atoms with Gasteiger partial charge in [0.1, 0.15) is 30.8 Å². The van der Waals surface area contributed by atoms with Crippen LogP contribution in [-0.4, -0.2) is 40.6 Å². The number of carboxylic acid groups (broad SMARTS) is 1. The normalized spacial score (nSPS) is 13.8. The highest BCUT2D eigenvalue weighted by Crippen LogP contribution is 2.47. The number of rotatable bonds is 10. The molecule has 4 aromatic carbocycles. The van der Waals surface area contributed by atoms with Crippen LogP contribution in [0.4, 0.5) is 0 Å². The largest absolute Gasteiger partial charge is 0.491 e. The maximum absolute atomic E-state index is 12.0. The molecule has 42 heavy (non-hydrogen) atoms. The Bertz CT molecular complexity index is 1660. The van der Waals surface area contributed by atoms with Gasteiger partial charge in [0.25, 0.3) is 0 Å². The number of hydrogen-bond acceptors (Lipinski definition) is 5. The van der Waals surface area contributed by atoms with Gasteiger partial charge in [-0.15, -0.1) is 0 Å². The van der Waals surface area contributed by atoms with Crippen molar-refractivity contribution in [3.8, 4) is 33.8 Å². The molecule has 0 aromatic heterocycles. The van der Waals surface area contributed by atoms with Gasteiger partial charge in [-0.25, -0.2) is 4.79 Å². The lowest BCUT2D eigenvalue weighted by molar-refractivity contribution is -0.132. The number of aliphatic hydroxyl groups excluding tert-OH is 2. The first-order valence-corrected chi connectivity index (χ1v) is 14.2. The van der Waals surface area contributed by atoms with Gasteiger partial charge in [-0.3, -0.25) is 0 Å². The Labute approximate surface area is 246 Å². The second kappa shape index (κ2) is 12.2. The van der Waals surface area contributed by atoms with E-state index in [-0.39, 0.29) is 13.2 Å². The zero-order valence-electron chi connectivity index (χ0n) is 24.4. The Morgan fingerprint density at radius 1 is 0.786 bits per heavy atom. The van der Waals surface area contributed by atoms with Gasteiger partial charge in [-0.1, -0.05) is 55.5 Å². The summed E-state index contributed by atoms with van der Waals surface area (Å²) in [4.78, 5) is 12.0. The second-order valence-electron chi connectivity index (χ2n) is 10.7. The third kappa shape index (κ3) is 5.56. The van der Waals surface area contributed by atoms with Crippen LogP contribution in [0.2, 0.25) is 0 Å². The van der Waals surface area contributed by atoms with Gasteiger partial charge in [0.15, 0.2) is 0 Å². The quantitative estimate of drug-likeness (QED) is 0.160. The number of aliphatic carboxylic acids is 1. The second-order valence-corrected chi connectivity index (χ2v) is 10.7. The first-order chi connectivity index (χ1) is 20.2. The van der Waals surface area contributed by atoms with E-state index in [0.717, 1.165) is 67.0 Å². The number of benzene rings is 4. The van der Waals surface area contributed by atoms with E-state index >= 15 is 0 Å². The van der Waals surface area contributed by atoms with Gasteiger partial charge in [-0.05, 0) is 107 Å².